The molecule has 0 aliphatic rings. The predicted octanol–water partition coefficient (Wildman–Crippen LogP) is 2.35. The van der Waals surface area contributed by atoms with Crippen LogP contribution in [-0.4, -0.2) is 31.8 Å². The van der Waals surface area contributed by atoms with E-state index < -0.39 is 0 Å². The summed E-state index contributed by atoms with van der Waals surface area (Å²) in [6.45, 7) is 4.58. The van der Waals surface area contributed by atoms with Crippen LogP contribution in [0.4, 0.5) is 11.4 Å². The normalized spacial score (nSPS) is 10.1. The van der Waals surface area contributed by atoms with E-state index in [1.165, 1.54) is 6.42 Å². The molecule has 0 saturated heterocycles. The maximum Gasteiger partial charge on any atom is 0.0639 e. The topological polar surface area (TPSA) is 46.2 Å². The average molecular weight is 223 g/mol. The highest BCUT2D eigenvalue weighted by Gasteiger charge is 1.94. The standard InChI is InChI=1S/C12H21N3O/c1-3-4-6-16-7-5-15-12-8-11(13-2)9-14-10-12/h8-10,13,15H,3-7H2,1-2H3. The zero-order chi connectivity index (χ0) is 11.6. The molecule has 0 aliphatic heterocycles. The molecule has 4 nitrogen and oxygen atoms in total. The van der Waals surface area contributed by atoms with Crippen molar-refractivity contribution in [1.29, 1.82) is 0 Å². The highest BCUT2D eigenvalue weighted by Crippen LogP contribution is 2.11. The Morgan fingerprint density at radius 2 is 2.06 bits per heavy atom. The molecular formula is C12H21N3O. The van der Waals surface area contributed by atoms with Crippen LogP contribution in [0, 0.1) is 0 Å². The highest BCUT2D eigenvalue weighted by molar-refractivity contribution is 5.53. The second-order valence-corrected chi connectivity index (χ2v) is 3.60. The van der Waals surface area contributed by atoms with Gasteiger partial charge in [-0.25, -0.2) is 0 Å². The van der Waals surface area contributed by atoms with Crippen molar-refractivity contribution in [2.45, 2.75) is 19.8 Å². The van der Waals surface area contributed by atoms with Gasteiger partial charge in [0.25, 0.3) is 0 Å². The Hall–Kier alpha value is -1.29. The number of anilines is 2. The van der Waals surface area contributed by atoms with E-state index in [9.17, 15) is 0 Å². The van der Waals surface area contributed by atoms with Crippen molar-refractivity contribution in [3.63, 3.8) is 0 Å². The molecule has 4 heteroatoms. The first-order valence-corrected chi connectivity index (χ1v) is 5.81. The zero-order valence-corrected chi connectivity index (χ0v) is 10.1. The number of hydrogen-bond donors (Lipinski definition) is 2. The van der Waals surface area contributed by atoms with Crippen molar-refractivity contribution in [3.05, 3.63) is 18.5 Å². The van der Waals surface area contributed by atoms with Crippen LogP contribution < -0.4 is 10.6 Å². The monoisotopic (exact) mass is 223 g/mol. The first kappa shape index (κ1) is 12.8. The van der Waals surface area contributed by atoms with Crippen molar-refractivity contribution in [2.75, 3.05) is 37.4 Å². The van der Waals surface area contributed by atoms with Gasteiger partial charge in [0.05, 0.1) is 30.4 Å². The molecule has 0 radical (unpaired) electrons. The summed E-state index contributed by atoms with van der Waals surface area (Å²) in [5.41, 5.74) is 2.03. The summed E-state index contributed by atoms with van der Waals surface area (Å²) in [6.07, 6.45) is 5.92. The number of pyridine rings is 1. The van der Waals surface area contributed by atoms with Crippen LogP contribution in [0.5, 0.6) is 0 Å². The van der Waals surface area contributed by atoms with Gasteiger partial charge in [0.2, 0.25) is 0 Å². The van der Waals surface area contributed by atoms with Crippen LogP contribution >= 0.6 is 0 Å². The predicted molar refractivity (Wildman–Crippen MR) is 68.0 cm³/mol. The highest BCUT2D eigenvalue weighted by atomic mass is 16.5. The third-order valence-electron chi connectivity index (χ3n) is 2.24. The molecule has 1 rings (SSSR count). The Balaban J connectivity index is 2.16. The van der Waals surface area contributed by atoms with E-state index in [2.05, 4.69) is 22.5 Å². The molecule has 90 valence electrons. The number of ether oxygens (including phenoxy) is 1. The summed E-state index contributed by atoms with van der Waals surface area (Å²) in [5.74, 6) is 0. The SMILES string of the molecule is CCCCOCCNc1cncc(NC)c1. The Labute approximate surface area is 97.4 Å². The van der Waals surface area contributed by atoms with Crippen molar-refractivity contribution in [2.24, 2.45) is 0 Å². The third-order valence-corrected chi connectivity index (χ3v) is 2.24. The van der Waals surface area contributed by atoms with Crippen molar-refractivity contribution in [1.82, 2.24) is 4.98 Å². The number of hydrogen-bond acceptors (Lipinski definition) is 4. The molecule has 1 aromatic rings. The first-order valence-electron chi connectivity index (χ1n) is 5.81. The van der Waals surface area contributed by atoms with E-state index >= 15 is 0 Å². The fraction of sp³-hybridized carbons (Fsp3) is 0.583. The van der Waals surface area contributed by atoms with Gasteiger partial charge < -0.3 is 15.4 Å². The summed E-state index contributed by atoms with van der Waals surface area (Å²) in [5, 5.41) is 6.32. The van der Waals surface area contributed by atoms with Crippen LogP contribution in [0.15, 0.2) is 18.5 Å². The summed E-state index contributed by atoms with van der Waals surface area (Å²) in [6, 6.07) is 2.03. The number of nitrogens with one attached hydrogen (secondary N) is 2. The van der Waals surface area contributed by atoms with Crippen molar-refractivity contribution in [3.8, 4) is 0 Å². The van der Waals surface area contributed by atoms with E-state index in [0.29, 0.717) is 0 Å². The second kappa shape index (κ2) is 7.93. The van der Waals surface area contributed by atoms with Gasteiger partial charge in [-0.2, -0.15) is 0 Å². The van der Waals surface area contributed by atoms with Crippen LogP contribution in [0.2, 0.25) is 0 Å². The van der Waals surface area contributed by atoms with Gasteiger partial charge in [0, 0.05) is 20.2 Å². The number of rotatable bonds is 8. The molecular weight excluding hydrogens is 202 g/mol. The Kier molecular flexibility index (Phi) is 6.33. The van der Waals surface area contributed by atoms with Crippen molar-refractivity contribution >= 4 is 11.4 Å². The fourth-order valence-electron chi connectivity index (χ4n) is 1.29. The van der Waals surface area contributed by atoms with Gasteiger partial charge >= 0.3 is 0 Å². The summed E-state index contributed by atoms with van der Waals surface area (Å²) < 4.78 is 5.45. The number of aromatic nitrogens is 1. The summed E-state index contributed by atoms with van der Waals surface area (Å²) in [4.78, 5) is 4.12. The number of unbranched alkanes of at least 4 members (excludes halogenated alkanes) is 1. The van der Waals surface area contributed by atoms with Crippen LogP contribution in [-0.2, 0) is 4.74 Å². The first-order chi connectivity index (χ1) is 7.86. The molecule has 0 bridgehead atoms. The van der Waals surface area contributed by atoms with E-state index in [0.717, 1.165) is 37.6 Å². The molecule has 0 fully saturated rings. The molecule has 1 heterocycles. The van der Waals surface area contributed by atoms with Gasteiger partial charge in [0.15, 0.2) is 0 Å². The molecule has 2 N–H and O–H groups in total. The third kappa shape index (κ3) is 4.98. The molecule has 0 aromatic carbocycles. The lowest BCUT2D eigenvalue weighted by molar-refractivity contribution is 0.141. The molecule has 16 heavy (non-hydrogen) atoms. The largest absolute Gasteiger partial charge is 0.387 e. The van der Waals surface area contributed by atoms with E-state index in [-0.39, 0.29) is 0 Å². The molecule has 0 spiro atoms. The van der Waals surface area contributed by atoms with E-state index in [1.54, 1.807) is 6.20 Å². The average Bonchev–Trinajstić information content (AvgIpc) is 2.34. The minimum atomic E-state index is 0.740. The Bertz CT molecular complexity index is 291. The lowest BCUT2D eigenvalue weighted by atomic mass is 10.3. The molecule has 0 aliphatic carbocycles. The fourth-order valence-corrected chi connectivity index (χ4v) is 1.29. The lowest BCUT2D eigenvalue weighted by Gasteiger charge is -2.08. The minimum Gasteiger partial charge on any atom is -0.387 e. The van der Waals surface area contributed by atoms with E-state index in [4.69, 9.17) is 4.74 Å². The molecule has 0 atom stereocenters. The molecule has 0 unspecified atom stereocenters. The second-order valence-electron chi connectivity index (χ2n) is 3.60. The van der Waals surface area contributed by atoms with Crippen LogP contribution in [0.1, 0.15) is 19.8 Å². The van der Waals surface area contributed by atoms with Gasteiger partial charge in [-0.15, -0.1) is 0 Å². The van der Waals surface area contributed by atoms with Crippen molar-refractivity contribution < 1.29 is 4.74 Å². The maximum absolute atomic E-state index is 5.45. The Morgan fingerprint density at radius 1 is 1.25 bits per heavy atom. The molecule has 0 saturated carbocycles. The zero-order valence-electron chi connectivity index (χ0n) is 10.1. The number of nitrogens with zero attached hydrogens (tertiary/aromatic N) is 1. The van der Waals surface area contributed by atoms with Gasteiger partial charge in [-0.3, -0.25) is 4.98 Å². The van der Waals surface area contributed by atoms with Gasteiger partial charge in [-0.1, -0.05) is 13.3 Å². The summed E-state index contributed by atoms with van der Waals surface area (Å²) >= 11 is 0. The Morgan fingerprint density at radius 3 is 2.81 bits per heavy atom. The van der Waals surface area contributed by atoms with E-state index in [1.807, 2.05) is 19.3 Å². The molecule has 0 amide bonds. The van der Waals surface area contributed by atoms with Crippen LogP contribution in [0.3, 0.4) is 0 Å². The minimum absolute atomic E-state index is 0.740. The van der Waals surface area contributed by atoms with Crippen LogP contribution in [0.25, 0.3) is 0 Å². The molecule has 1 aromatic heterocycles. The van der Waals surface area contributed by atoms with Gasteiger partial charge in [0.1, 0.15) is 0 Å². The quantitative estimate of drug-likeness (QED) is 0.664. The maximum atomic E-state index is 5.45. The summed E-state index contributed by atoms with van der Waals surface area (Å²) in [7, 11) is 1.88. The smallest absolute Gasteiger partial charge is 0.0639 e. The van der Waals surface area contributed by atoms with Gasteiger partial charge in [-0.05, 0) is 12.5 Å². The lowest BCUT2D eigenvalue weighted by Crippen LogP contribution is -2.10.